The minimum Gasteiger partial charge on any atom is -0.494 e. The number of carbonyl (C=O) groups is 5. The number of hydrogen-bond acceptors (Lipinski definition) is 14. The van der Waals surface area contributed by atoms with Gasteiger partial charge in [0.1, 0.15) is 39.5 Å². The van der Waals surface area contributed by atoms with Crippen LogP contribution in [0, 0.1) is 13.8 Å². The monoisotopic (exact) mass is 923 g/mol. The maximum atomic E-state index is 13.9. The molecule has 0 radical (unpaired) electrons. The summed E-state index contributed by atoms with van der Waals surface area (Å²) < 4.78 is 34.3. The molecule has 0 aliphatic carbocycles. The molecule has 2 N–H and O–H groups in total. The molecule has 6 aromatic rings. The van der Waals surface area contributed by atoms with E-state index in [9.17, 15) is 24.0 Å². The molecule has 0 fully saturated rings. The molecule has 21 nitrogen and oxygen atoms in total. The van der Waals surface area contributed by atoms with Crippen molar-refractivity contribution in [3.05, 3.63) is 82.5 Å². The summed E-state index contributed by atoms with van der Waals surface area (Å²) in [5, 5.41) is 14.7. The maximum absolute atomic E-state index is 13.9. The van der Waals surface area contributed by atoms with Gasteiger partial charge >= 0.3 is 18.0 Å². The Balaban J connectivity index is 1.40. The van der Waals surface area contributed by atoms with Gasteiger partial charge in [0.05, 0.1) is 61.5 Å². The molecule has 356 valence electrons. The van der Waals surface area contributed by atoms with E-state index in [0.717, 1.165) is 0 Å². The fourth-order valence-corrected chi connectivity index (χ4v) is 7.29. The average Bonchev–Trinajstić information content (AvgIpc) is 4.06. The van der Waals surface area contributed by atoms with Crippen LogP contribution in [0.4, 0.5) is 16.7 Å². The summed E-state index contributed by atoms with van der Waals surface area (Å²) >= 11 is 0. The Kier molecular flexibility index (Phi) is 15.0. The number of rotatable bonds is 18. The Bertz CT molecular complexity index is 2860. The van der Waals surface area contributed by atoms with Gasteiger partial charge < -0.3 is 37.7 Å². The zero-order valence-corrected chi connectivity index (χ0v) is 39.7. The number of benzene rings is 2. The lowest BCUT2D eigenvalue weighted by Crippen LogP contribution is -2.35. The number of ether oxygens (including phenoxy) is 5. The molecule has 0 bridgehead atoms. The highest BCUT2D eigenvalue weighted by Crippen LogP contribution is 2.33. The predicted octanol–water partition coefficient (Wildman–Crippen LogP) is 6.41. The van der Waals surface area contributed by atoms with Gasteiger partial charge in [0.2, 0.25) is 11.9 Å². The second kappa shape index (κ2) is 20.6. The van der Waals surface area contributed by atoms with Crippen LogP contribution in [0.1, 0.15) is 94.1 Å². The topological polar surface area (TPSA) is 230 Å². The smallest absolute Gasteiger partial charge is 0.410 e. The molecule has 67 heavy (non-hydrogen) atoms. The van der Waals surface area contributed by atoms with E-state index in [2.05, 4.69) is 20.8 Å². The molecule has 4 aromatic heterocycles. The highest BCUT2D eigenvalue weighted by molar-refractivity contribution is 6.05. The molecule has 0 saturated heterocycles. The Morgan fingerprint density at radius 1 is 0.701 bits per heavy atom. The van der Waals surface area contributed by atoms with Gasteiger partial charge in [-0.25, -0.2) is 24.4 Å². The van der Waals surface area contributed by atoms with E-state index in [4.69, 9.17) is 33.7 Å². The van der Waals surface area contributed by atoms with Crippen LogP contribution in [0.5, 0.6) is 11.5 Å². The first kappa shape index (κ1) is 48.7. The van der Waals surface area contributed by atoms with Crippen LogP contribution >= 0.6 is 0 Å². The number of fused-ring (bicyclic) bond motifs is 2. The van der Waals surface area contributed by atoms with E-state index in [1.54, 1.807) is 90.5 Å². The lowest BCUT2D eigenvalue weighted by molar-refractivity contribution is 0.0291. The van der Waals surface area contributed by atoms with E-state index in [1.165, 1.54) is 32.3 Å². The minimum absolute atomic E-state index is 0.112. The molecule has 3 amide bonds. The van der Waals surface area contributed by atoms with Crippen molar-refractivity contribution in [2.24, 2.45) is 0 Å². The van der Waals surface area contributed by atoms with Gasteiger partial charge in [-0.15, -0.1) is 0 Å². The fraction of sp³-hybridized carbons (Fsp3) is 0.413. The van der Waals surface area contributed by atoms with E-state index >= 15 is 0 Å². The van der Waals surface area contributed by atoms with Crippen LogP contribution in [0.3, 0.4) is 0 Å². The minimum atomic E-state index is -0.663. The fourth-order valence-electron chi connectivity index (χ4n) is 7.29. The standard InChI is InChI=1S/C46H57N11O10/c1-12-56-33(21-27(3)51-56)39(58)49-43-47-31-23-29(41(60)64-10)25-35(63-9)37(31)54(43)18-14-15-19-55-38-32(48-44(55)50-40(59)34-22-28(4)52-57(34)13-2)24-30(42(61)65-11)26-36(38)66-20-16-17-53(8)45(62)67-46(5,6)7/h14-15,21-26H,12-13,16-20H2,1-11H3,(H,47,49,58)(H,48,50,59)/b15-14+. The number of aromatic nitrogens is 8. The summed E-state index contributed by atoms with van der Waals surface area (Å²) in [6.45, 7) is 14.3. The molecule has 0 aliphatic rings. The Morgan fingerprint density at radius 2 is 1.16 bits per heavy atom. The second-order valence-corrected chi connectivity index (χ2v) is 16.4. The number of anilines is 2. The van der Waals surface area contributed by atoms with Crippen LogP contribution < -0.4 is 20.1 Å². The summed E-state index contributed by atoms with van der Waals surface area (Å²) in [5.74, 6) is -1.25. The van der Waals surface area contributed by atoms with Gasteiger partial charge in [0.25, 0.3) is 11.8 Å². The van der Waals surface area contributed by atoms with Gasteiger partial charge in [-0.1, -0.05) is 12.2 Å². The van der Waals surface area contributed by atoms with Gasteiger partial charge in [-0.3, -0.25) is 29.6 Å². The van der Waals surface area contributed by atoms with Crippen molar-refractivity contribution >= 4 is 63.8 Å². The number of hydrogen-bond donors (Lipinski definition) is 2. The molecule has 0 atom stereocenters. The number of methoxy groups -OCH3 is 3. The van der Waals surface area contributed by atoms with Gasteiger partial charge in [-0.05, 0) is 91.3 Å². The maximum Gasteiger partial charge on any atom is 0.410 e. The first-order chi connectivity index (χ1) is 31.9. The van der Waals surface area contributed by atoms with Gasteiger partial charge in [0.15, 0.2) is 0 Å². The summed E-state index contributed by atoms with van der Waals surface area (Å²) in [6, 6.07) is 9.54. The quantitative estimate of drug-likeness (QED) is 0.0411. The van der Waals surface area contributed by atoms with E-state index in [-0.39, 0.29) is 48.5 Å². The number of nitrogens with zero attached hydrogens (tertiary/aromatic N) is 9. The Morgan fingerprint density at radius 3 is 1.60 bits per heavy atom. The molecule has 21 heteroatoms. The molecule has 6 rings (SSSR count). The molecule has 2 aromatic carbocycles. The average molecular weight is 924 g/mol. The third kappa shape index (κ3) is 11.0. The Hall–Kier alpha value is -7.71. The number of imidazole rings is 2. The number of amides is 3. The predicted molar refractivity (Wildman–Crippen MR) is 248 cm³/mol. The largest absolute Gasteiger partial charge is 0.494 e. The molecular weight excluding hydrogens is 867 g/mol. The van der Waals surface area contributed by atoms with Crippen molar-refractivity contribution < 1.29 is 47.7 Å². The van der Waals surface area contributed by atoms with Crippen molar-refractivity contribution in [1.82, 2.24) is 43.6 Å². The SMILES string of the molecule is CCn1nc(C)cc1C(=O)Nc1nc2cc(C(=O)OC)cc(OC)c2n1C/C=C/Cn1c(NC(=O)c2cc(C)nn2CC)nc2cc(C(=O)OC)cc(OCCCN(C)C(=O)OC(C)(C)C)c21. The van der Waals surface area contributed by atoms with Crippen LogP contribution in [-0.2, 0) is 40.4 Å². The molecular formula is C46H57N11O10. The first-order valence-electron chi connectivity index (χ1n) is 21.6. The number of allylic oxidation sites excluding steroid dienone is 2. The summed E-state index contributed by atoms with van der Waals surface area (Å²) in [5.41, 5.74) is 3.30. The zero-order valence-electron chi connectivity index (χ0n) is 39.7. The lowest BCUT2D eigenvalue weighted by Gasteiger charge is -2.24. The number of nitrogens with one attached hydrogen (secondary N) is 2. The summed E-state index contributed by atoms with van der Waals surface area (Å²) in [6.07, 6.45) is 3.58. The normalized spacial score (nSPS) is 11.6. The van der Waals surface area contributed by atoms with Gasteiger partial charge in [0, 0.05) is 39.8 Å². The zero-order chi connectivity index (χ0) is 48.7. The van der Waals surface area contributed by atoms with Crippen LogP contribution in [-0.4, -0.2) is 121 Å². The third-order valence-corrected chi connectivity index (χ3v) is 10.3. The highest BCUT2D eigenvalue weighted by atomic mass is 16.6. The molecule has 0 aliphatic heterocycles. The number of aryl methyl sites for hydroxylation is 4. The van der Waals surface area contributed by atoms with Crippen molar-refractivity contribution in [1.29, 1.82) is 0 Å². The van der Waals surface area contributed by atoms with E-state index in [0.29, 0.717) is 76.6 Å². The van der Waals surface area contributed by atoms with Crippen LogP contribution in [0.15, 0.2) is 48.6 Å². The van der Waals surface area contributed by atoms with Crippen molar-refractivity contribution in [2.45, 2.75) is 86.7 Å². The molecule has 0 spiro atoms. The highest BCUT2D eigenvalue weighted by Gasteiger charge is 2.25. The van der Waals surface area contributed by atoms with Crippen molar-refractivity contribution in [3.63, 3.8) is 0 Å². The van der Waals surface area contributed by atoms with Gasteiger partial charge in [-0.2, -0.15) is 10.2 Å². The number of carbonyl (C=O) groups excluding carboxylic acids is 5. The molecule has 4 heterocycles. The summed E-state index contributed by atoms with van der Waals surface area (Å²) in [4.78, 5) is 76.9. The molecule has 0 saturated carbocycles. The summed E-state index contributed by atoms with van der Waals surface area (Å²) in [7, 11) is 5.63. The lowest BCUT2D eigenvalue weighted by atomic mass is 10.2. The molecule has 0 unspecified atom stereocenters. The second-order valence-electron chi connectivity index (χ2n) is 16.4. The van der Waals surface area contributed by atoms with Crippen LogP contribution in [0.25, 0.3) is 22.1 Å². The number of esters is 2. The Labute approximate surface area is 386 Å². The van der Waals surface area contributed by atoms with E-state index < -0.39 is 35.4 Å². The first-order valence-corrected chi connectivity index (χ1v) is 21.6. The van der Waals surface area contributed by atoms with Crippen molar-refractivity contribution in [3.8, 4) is 11.5 Å². The van der Waals surface area contributed by atoms with Crippen LogP contribution in [0.2, 0.25) is 0 Å². The third-order valence-electron chi connectivity index (χ3n) is 10.3. The van der Waals surface area contributed by atoms with E-state index in [1.807, 2.05) is 26.0 Å². The van der Waals surface area contributed by atoms with Crippen molar-refractivity contribution in [2.75, 3.05) is 52.2 Å².